The van der Waals surface area contributed by atoms with E-state index in [2.05, 4.69) is 162 Å². The smallest absolute Gasteiger partial charge is 0.247 e. The van der Waals surface area contributed by atoms with Gasteiger partial charge in [-0.2, -0.15) is 5.26 Å². The maximum Gasteiger partial charge on any atom is 0.247 e. The Morgan fingerprint density at radius 3 is 1.87 bits per heavy atom. The lowest BCUT2D eigenvalue weighted by molar-refractivity contribution is 0.669. The summed E-state index contributed by atoms with van der Waals surface area (Å²) >= 11 is 5.40. The zero-order valence-electron chi connectivity index (χ0n) is 40.2. The molecule has 4 nitrogen and oxygen atoms in total. The first-order chi connectivity index (χ1) is 35.8. The molecule has 0 N–H and O–H groups in total. The molecule has 0 atom stereocenters. The van der Waals surface area contributed by atoms with Crippen LogP contribution in [0.5, 0.6) is 0 Å². The predicted octanol–water partition coefficient (Wildman–Crippen LogP) is 15.1. The zero-order valence-corrected chi connectivity index (χ0v) is 38.7. The van der Waals surface area contributed by atoms with Gasteiger partial charge in [0.05, 0.1) is 39.2 Å². The minimum Gasteiger partial charge on any atom is -0.456 e. The van der Waals surface area contributed by atoms with E-state index in [9.17, 15) is 6.63 Å². The summed E-state index contributed by atoms with van der Waals surface area (Å²) in [5, 5.41) is 18.1. The quantitative estimate of drug-likeness (QED) is 0.166. The van der Waals surface area contributed by atoms with Crippen LogP contribution in [0.4, 0.5) is 0 Å². The maximum absolute atomic E-state index is 9.94. The second kappa shape index (κ2) is 14.1. The van der Waals surface area contributed by atoms with E-state index in [0.29, 0.717) is 27.4 Å². The van der Waals surface area contributed by atoms with Crippen molar-refractivity contribution in [1.29, 1.82) is 5.26 Å². The van der Waals surface area contributed by atoms with E-state index in [-0.39, 0.29) is 30.9 Å². The van der Waals surface area contributed by atoms with E-state index in [0.717, 1.165) is 65.3 Å². The molecule has 0 amide bonds. The number of para-hydroxylation sites is 3. The van der Waals surface area contributed by atoms with E-state index in [4.69, 9.17) is 8.53 Å². The minimum absolute atomic E-state index is 0.0816. The number of hydrogen-bond donors (Lipinski definition) is 0. The van der Waals surface area contributed by atoms with Crippen LogP contribution in [0.2, 0.25) is 0 Å². The second-order valence-corrected chi connectivity index (χ2v) is 21.2. The van der Waals surface area contributed by atoms with Gasteiger partial charge in [-0.1, -0.05) is 125 Å². The summed E-state index contributed by atoms with van der Waals surface area (Å²) in [4.78, 5) is 4.63. The van der Waals surface area contributed by atoms with Crippen molar-refractivity contribution in [2.75, 3.05) is 0 Å². The van der Waals surface area contributed by atoms with Gasteiger partial charge >= 0.3 is 0 Å². The Morgan fingerprint density at radius 2 is 1.13 bits per heavy atom. The first-order valence-corrected chi connectivity index (χ1v) is 25.3. The Labute approximate surface area is 413 Å². The molecular formula is C61H32BN3OS3. The summed E-state index contributed by atoms with van der Waals surface area (Å²) in [6.07, 6.45) is 0. The molecule has 0 radical (unpaired) electrons. The van der Waals surface area contributed by atoms with Gasteiger partial charge < -0.3 is 13.6 Å². The molecule has 2 aliphatic rings. The van der Waals surface area contributed by atoms with Gasteiger partial charge in [-0.3, -0.25) is 0 Å². The van der Waals surface area contributed by atoms with Gasteiger partial charge in [-0.15, -0.1) is 11.3 Å². The topological polar surface area (TPSA) is 46.8 Å². The summed E-state index contributed by atoms with van der Waals surface area (Å²) in [5.41, 5.74) is 13.4. The molecule has 318 valence electrons. The van der Waals surface area contributed by atoms with Gasteiger partial charge in [-0.25, -0.2) is 0 Å². The van der Waals surface area contributed by atoms with E-state index >= 15 is 0 Å². The third-order valence-corrected chi connectivity index (χ3v) is 17.8. The molecule has 10 aromatic carbocycles. The van der Waals surface area contributed by atoms with Crippen molar-refractivity contribution in [2.24, 2.45) is 0 Å². The van der Waals surface area contributed by atoms with Crippen LogP contribution in [0.15, 0.2) is 218 Å². The average Bonchev–Trinajstić information content (AvgIpc) is 4.19. The molecule has 4 aromatic heterocycles. The van der Waals surface area contributed by atoms with E-state index in [1.807, 2.05) is 33.7 Å². The molecule has 0 aliphatic carbocycles. The van der Waals surface area contributed by atoms with Crippen LogP contribution in [-0.4, -0.2) is 15.8 Å². The third kappa shape index (κ3) is 5.32. The molecule has 0 bridgehead atoms. The van der Waals surface area contributed by atoms with Crippen LogP contribution < -0.4 is 16.4 Å². The highest BCUT2D eigenvalue weighted by Gasteiger charge is 2.39. The van der Waals surface area contributed by atoms with E-state index in [1.54, 1.807) is 23.9 Å². The Bertz CT molecular complexity index is 4860. The van der Waals surface area contributed by atoms with Gasteiger partial charge in [0, 0.05) is 83.4 Å². The average molecular weight is 934 g/mol. The van der Waals surface area contributed by atoms with Crippen molar-refractivity contribution in [1.82, 2.24) is 9.13 Å². The monoisotopic (exact) mass is 933 g/mol. The Kier molecular flexibility index (Phi) is 7.01. The van der Waals surface area contributed by atoms with Crippen molar-refractivity contribution in [3.05, 3.63) is 200 Å². The highest BCUT2D eigenvalue weighted by atomic mass is 32.2. The number of nitrogens with zero attached hydrogens (tertiary/aromatic N) is 3. The number of aromatic nitrogens is 2. The van der Waals surface area contributed by atoms with Crippen LogP contribution >= 0.6 is 34.9 Å². The molecule has 8 heteroatoms. The molecule has 16 rings (SSSR count). The summed E-state index contributed by atoms with van der Waals surface area (Å²) in [5.74, 6) is 0. The van der Waals surface area contributed by atoms with Crippen LogP contribution in [0.1, 0.15) is 11.0 Å². The van der Waals surface area contributed by atoms with Crippen LogP contribution in [0, 0.1) is 11.3 Å². The third-order valence-electron chi connectivity index (χ3n) is 14.4. The first kappa shape index (κ1) is 34.4. The van der Waals surface area contributed by atoms with Crippen molar-refractivity contribution in [3.63, 3.8) is 0 Å². The summed E-state index contributed by atoms with van der Waals surface area (Å²) in [6, 6.07) is 61.7. The molecule has 14 aromatic rings. The van der Waals surface area contributed by atoms with E-state index in [1.165, 1.54) is 57.1 Å². The summed E-state index contributed by atoms with van der Waals surface area (Å²) in [7, 11) is 0. The fourth-order valence-electron chi connectivity index (χ4n) is 11.4. The normalized spacial score (nSPS) is 13.9. The van der Waals surface area contributed by atoms with Crippen LogP contribution in [-0.2, 0) is 0 Å². The number of hydrogen-bond acceptors (Lipinski definition) is 5. The predicted molar refractivity (Wildman–Crippen MR) is 291 cm³/mol. The Balaban J connectivity index is 0.924. The molecule has 2 aliphatic heterocycles. The van der Waals surface area contributed by atoms with Crippen LogP contribution in [0.25, 0.3) is 108 Å². The first-order valence-electron chi connectivity index (χ1n) is 24.8. The zero-order chi connectivity index (χ0) is 48.5. The number of benzene rings is 10. The Hall–Kier alpha value is -7.93. The highest BCUT2D eigenvalue weighted by Crippen LogP contribution is 2.46. The van der Waals surface area contributed by atoms with Crippen molar-refractivity contribution in [2.45, 2.75) is 19.6 Å². The van der Waals surface area contributed by atoms with Gasteiger partial charge in [0.2, 0.25) is 6.71 Å². The van der Waals surface area contributed by atoms with Crippen LogP contribution in [0.3, 0.4) is 0 Å². The maximum atomic E-state index is 9.94. The molecule has 0 saturated heterocycles. The lowest BCUT2D eigenvalue weighted by atomic mass is 9.36. The number of rotatable bonds is 3. The lowest BCUT2D eigenvalue weighted by Gasteiger charge is -2.34. The van der Waals surface area contributed by atoms with Gasteiger partial charge in [0.15, 0.2) is 0 Å². The largest absolute Gasteiger partial charge is 0.456 e. The van der Waals surface area contributed by atoms with Crippen molar-refractivity contribution >= 4 is 144 Å². The molecule has 0 spiro atoms. The van der Waals surface area contributed by atoms with E-state index < -0.39 is 0 Å². The van der Waals surface area contributed by atoms with Crippen molar-refractivity contribution in [3.8, 4) is 28.6 Å². The highest BCUT2D eigenvalue weighted by molar-refractivity contribution is 8.01. The number of fused-ring (bicyclic) bond motifs is 17. The summed E-state index contributed by atoms with van der Waals surface area (Å²) < 4.78 is 49.1. The molecule has 0 fully saturated rings. The molecule has 0 unspecified atom stereocenters. The number of nitriles is 1. The second-order valence-electron chi connectivity index (χ2n) is 18.0. The van der Waals surface area contributed by atoms with Crippen molar-refractivity contribution < 1.29 is 9.90 Å². The SMILES string of the molecule is [2H]c1c([2H])c([2H])c2c(c1[2H])c1cc(C#N)ccc1n2-c1ccc2c(c1)Sc1cc(-c3ccc4oc5ccc6sc7ccccc7c6c5c4c3)cc3c1B2c1ccc(-n2c4ccccc4c4ccccc42)cc1S3. The molecule has 6 heterocycles. The molecular weight excluding hydrogens is 898 g/mol. The number of thiophene rings is 1. The fraction of sp³-hybridized carbons (Fsp3) is 0. The number of furan rings is 1. The van der Waals surface area contributed by atoms with Gasteiger partial charge in [-0.05, 0) is 120 Å². The standard InChI is InChI=1S/C61H32BN3OS3/c63-33-34-17-23-50-43(27-34)41-11-3-7-15-49(41)65(50)38-20-22-46-56(32-38)69-58-30-36(35-18-24-51-44(28-35)59-52(66-51)25-26-54-60(59)42-12-4-8-16-53(42)67-54)29-57-61(58)62(46)45-21-19-37(31-55(45)68-57)64-47-13-5-1-9-39(47)40-10-2-6-14-48(40)64/h1-32H/i3D,7D,11D,15D. The lowest BCUT2D eigenvalue weighted by Crippen LogP contribution is -2.58. The van der Waals surface area contributed by atoms with Gasteiger partial charge in [0.25, 0.3) is 0 Å². The summed E-state index contributed by atoms with van der Waals surface area (Å²) in [6.45, 7) is -0.0816. The molecule has 0 saturated carbocycles. The fourth-order valence-corrected chi connectivity index (χ4v) is 15.1. The minimum atomic E-state index is -0.299. The Morgan fingerprint density at radius 1 is 0.478 bits per heavy atom. The van der Waals surface area contributed by atoms with Gasteiger partial charge in [0.1, 0.15) is 11.2 Å². The molecule has 69 heavy (non-hydrogen) atoms.